The first-order valence-electron chi connectivity index (χ1n) is 6.64. The summed E-state index contributed by atoms with van der Waals surface area (Å²) in [7, 11) is 0. The zero-order chi connectivity index (χ0) is 16.8. The van der Waals surface area contributed by atoms with Gasteiger partial charge in [0.15, 0.2) is 17.7 Å². The van der Waals surface area contributed by atoms with Crippen molar-refractivity contribution >= 4 is 35.0 Å². The van der Waals surface area contributed by atoms with Crippen LogP contribution in [0.5, 0.6) is 0 Å². The third-order valence-corrected chi connectivity index (χ3v) is 3.61. The molecule has 2 aromatic rings. The molecule has 7 heteroatoms. The highest BCUT2D eigenvalue weighted by molar-refractivity contribution is 7.10. The number of hydrogen-bond acceptors (Lipinski definition) is 4. The van der Waals surface area contributed by atoms with E-state index in [0.29, 0.717) is 0 Å². The molecule has 0 spiro atoms. The summed E-state index contributed by atoms with van der Waals surface area (Å²) in [6.07, 6.45) is 1.71. The van der Waals surface area contributed by atoms with Gasteiger partial charge in [-0.15, -0.1) is 11.3 Å². The predicted molar refractivity (Wildman–Crippen MR) is 83.9 cm³/mol. The van der Waals surface area contributed by atoms with Crippen molar-refractivity contribution in [2.24, 2.45) is 0 Å². The van der Waals surface area contributed by atoms with Crippen molar-refractivity contribution in [3.8, 4) is 0 Å². The van der Waals surface area contributed by atoms with Gasteiger partial charge in [0.25, 0.3) is 5.91 Å². The number of carbonyl (C=O) groups is 2. The van der Waals surface area contributed by atoms with Crippen molar-refractivity contribution in [3.63, 3.8) is 0 Å². The lowest BCUT2D eigenvalue weighted by Crippen LogP contribution is -2.29. The van der Waals surface area contributed by atoms with Crippen LogP contribution in [-0.4, -0.2) is 18.0 Å². The zero-order valence-corrected chi connectivity index (χ0v) is 12.9. The van der Waals surface area contributed by atoms with Gasteiger partial charge in [-0.25, -0.2) is 13.6 Å². The van der Waals surface area contributed by atoms with Gasteiger partial charge >= 0.3 is 5.97 Å². The van der Waals surface area contributed by atoms with Crippen molar-refractivity contribution in [2.75, 3.05) is 5.32 Å². The van der Waals surface area contributed by atoms with E-state index < -0.39 is 29.6 Å². The monoisotopic (exact) mass is 337 g/mol. The number of thiophene rings is 1. The van der Waals surface area contributed by atoms with Gasteiger partial charge < -0.3 is 10.1 Å². The normalized spacial score (nSPS) is 12.1. The molecule has 1 amide bonds. The highest BCUT2D eigenvalue weighted by Crippen LogP contribution is 2.14. The largest absolute Gasteiger partial charge is 0.449 e. The fourth-order valence-electron chi connectivity index (χ4n) is 1.62. The van der Waals surface area contributed by atoms with Gasteiger partial charge in [-0.05, 0) is 36.6 Å². The minimum atomic E-state index is -1.08. The molecule has 0 aliphatic carbocycles. The number of nitrogens with one attached hydrogen (secondary N) is 1. The van der Waals surface area contributed by atoms with Crippen LogP contribution < -0.4 is 5.32 Å². The molecule has 0 bridgehead atoms. The maximum absolute atomic E-state index is 13.1. The molecule has 1 aromatic heterocycles. The van der Waals surface area contributed by atoms with Crippen LogP contribution in [0.2, 0.25) is 0 Å². The van der Waals surface area contributed by atoms with Crippen LogP contribution in [0.1, 0.15) is 11.8 Å². The minimum absolute atomic E-state index is 0.0749. The van der Waals surface area contributed by atoms with Crippen LogP contribution in [0, 0.1) is 11.6 Å². The van der Waals surface area contributed by atoms with E-state index in [1.165, 1.54) is 30.4 Å². The molecule has 4 nitrogen and oxygen atoms in total. The van der Waals surface area contributed by atoms with Crippen molar-refractivity contribution in [3.05, 3.63) is 58.3 Å². The van der Waals surface area contributed by atoms with Gasteiger partial charge in [0, 0.05) is 22.7 Å². The molecule has 0 fully saturated rings. The molecular formula is C16H13F2NO3S. The number of rotatable bonds is 5. The van der Waals surface area contributed by atoms with E-state index in [1.807, 2.05) is 17.5 Å². The molecule has 0 unspecified atom stereocenters. The smallest absolute Gasteiger partial charge is 0.331 e. The van der Waals surface area contributed by atoms with Crippen LogP contribution in [0.4, 0.5) is 14.5 Å². The number of ether oxygens (including phenoxy) is 1. The van der Waals surface area contributed by atoms with E-state index in [0.717, 1.165) is 17.0 Å². The second-order valence-electron chi connectivity index (χ2n) is 4.55. The Labute approximate surface area is 135 Å². The summed E-state index contributed by atoms with van der Waals surface area (Å²) in [4.78, 5) is 24.3. The average Bonchev–Trinajstić information content (AvgIpc) is 3.02. The Hall–Kier alpha value is -2.54. The number of esters is 1. The second kappa shape index (κ2) is 7.64. The fourth-order valence-corrected chi connectivity index (χ4v) is 2.24. The number of hydrogen-bond donors (Lipinski definition) is 1. The summed E-state index contributed by atoms with van der Waals surface area (Å²) in [6, 6.07) is 6.62. The average molecular weight is 337 g/mol. The van der Waals surface area contributed by atoms with Crippen LogP contribution in [-0.2, 0) is 14.3 Å². The van der Waals surface area contributed by atoms with E-state index in [1.54, 1.807) is 6.08 Å². The topological polar surface area (TPSA) is 55.4 Å². The van der Waals surface area contributed by atoms with Crippen molar-refractivity contribution in [2.45, 2.75) is 13.0 Å². The Morgan fingerprint density at radius 2 is 2.04 bits per heavy atom. The van der Waals surface area contributed by atoms with E-state index >= 15 is 0 Å². The summed E-state index contributed by atoms with van der Waals surface area (Å²) in [5.74, 6) is -3.41. The van der Waals surface area contributed by atoms with Crippen LogP contribution >= 0.6 is 11.3 Å². The molecule has 1 heterocycles. The number of benzene rings is 1. The van der Waals surface area contributed by atoms with Gasteiger partial charge in [0.1, 0.15) is 0 Å². The maximum Gasteiger partial charge on any atom is 0.331 e. The number of halogens is 2. The van der Waals surface area contributed by atoms with Gasteiger partial charge in [-0.1, -0.05) is 6.07 Å². The molecule has 23 heavy (non-hydrogen) atoms. The molecule has 1 N–H and O–H groups in total. The van der Waals surface area contributed by atoms with Crippen molar-refractivity contribution in [1.29, 1.82) is 0 Å². The fraction of sp³-hybridized carbons (Fsp3) is 0.125. The molecule has 0 aliphatic rings. The first kappa shape index (κ1) is 16.8. The van der Waals surface area contributed by atoms with E-state index in [9.17, 15) is 18.4 Å². The minimum Gasteiger partial charge on any atom is -0.449 e. The molecule has 2 rings (SSSR count). The Morgan fingerprint density at radius 1 is 1.26 bits per heavy atom. The Kier molecular flexibility index (Phi) is 5.59. The Balaban J connectivity index is 1.89. The van der Waals surface area contributed by atoms with Gasteiger partial charge in [-0.3, -0.25) is 4.79 Å². The van der Waals surface area contributed by atoms with Crippen molar-refractivity contribution in [1.82, 2.24) is 0 Å². The maximum atomic E-state index is 13.1. The first-order chi connectivity index (χ1) is 11.0. The predicted octanol–water partition coefficient (Wildman–Crippen LogP) is 3.61. The standard InChI is InChI=1S/C16H13F2NO3S/c1-10(22-15(20)7-5-12-3-2-8-23-12)16(21)19-11-4-6-13(17)14(18)9-11/h2-10H,1H3,(H,19,21)/b7-5+/t10-/m0/s1. The van der Waals surface area contributed by atoms with Gasteiger partial charge in [0.2, 0.25) is 0 Å². The summed E-state index contributed by atoms with van der Waals surface area (Å²) in [5.41, 5.74) is 0.0749. The third-order valence-electron chi connectivity index (χ3n) is 2.78. The Bertz CT molecular complexity index is 729. The van der Waals surface area contributed by atoms with Crippen molar-refractivity contribution < 1.29 is 23.1 Å². The molecule has 1 atom stereocenters. The van der Waals surface area contributed by atoms with Gasteiger partial charge in [0.05, 0.1) is 0 Å². The molecule has 0 radical (unpaired) electrons. The SMILES string of the molecule is C[C@H](OC(=O)/C=C/c1cccs1)C(=O)Nc1ccc(F)c(F)c1. The summed E-state index contributed by atoms with van der Waals surface area (Å²) in [6.45, 7) is 1.38. The van der Waals surface area contributed by atoms with Crippen LogP contribution in [0.15, 0.2) is 41.8 Å². The van der Waals surface area contributed by atoms with E-state index in [-0.39, 0.29) is 5.69 Å². The molecule has 0 saturated carbocycles. The van der Waals surface area contributed by atoms with Gasteiger partial charge in [-0.2, -0.15) is 0 Å². The highest BCUT2D eigenvalue weighted by Gasteiger charge is 2.17. The van der Waals surface area contributed by atoms with Crippen LogP contribution in [0.25, 0.3) is 6.08 Å². The molecule has 1 aromatic carbocycles. The summed E-state index contributed by atoms with van der Waals surface area (Å²) >= 11 is 1.45. The lowest BCUT2D eigenvalue weighted by Gasteiger charge is -2.12. The molecule has 0 aliphatic heterocycles. The van der Waals surface area contributed by atoms with E-state index in [2.05, 4.69) is 5.32 Å². The summed E-state index contributed by atoms with van der Waals surface area (Å²) in [5, 5.41) is 4.20. The van der Waals surface area contributed by atoms with E-state index in [4.69, 9.17) is 4.74 Å². The number of amides is 1. The number of anilines is 1. The third kappa shape index (κ3) is 5.00. The Morgan fingerprint density at radius 3 is 2.70 bits per heavy atom. The molecule has 0 saturated heterocycles. The lowest BCUT2D eigenvalue weighted by molar-refractivity contribution is -0.148. The lowest BCUT2D eigenvalue weighted by atomic mass is 10.2. The molecule has 120 valence electrons. The zero-order valence-electron chi connectivity index (χ0n) is 12.1. The number of carbonyl (C=O) groups excluding carboxylic acids is 2. The quantitative estimate of drug-likeness (QED) is 0.670. The first-order valence-corrected chi connectivity index (χ1v) is 7.52. The second-order valence-corrected chi connectivity index (χ2v) is 5.53. The molecular weight excluding hydrogens is 324 g/mol. The van der Waals surface area contributed by atoms with Crippen LogP contribution in [0.3, 0.4) is 0 Å². The highest BCUT2D eigenvalue weighted by atomic mass is 32.1. The summed E-state index contributed by atoms with van der Waals surface area (Å²) < 4.78 is 30.8.